The first-order chi connectivity index (χ1) is 7.32. The highest BCUT2D eigenvalue weighted by Gasteiger charge is 2.25. The van der Waals surface area contributed by atoms with Crippen molar-refractivity contribution in [1.82, 2.24) is 14.9 Å². The van der Waals surface area contributed by atoms with E-state index in [2.05, 4.69) is 42.6 Å². The van der Waals surface area contributed by atoms with Crippen LogP contribution in [0, 0.1) is 0 Å². The van der Waals surface area contributed by atoms with E-state index in [-0.39, 0.29) is 11.1 Å². The molecule has 0 aliphatic carbocycles. The molecule has 1 rings (SSSR count). The molecule has 0 aromatic carbocycles. The Hall–Kier alpha value is -0.870. The number of nitrogens with zero attached hydrogens (tertiary/aromatic N) is 2. The predicted octanol–water partition coefficient (Wildman–Crippen LogP) is 1.76. The molecule has 4 heteroatoms. The summed E-state index contributed by atoms with van der Waals surface area (Å²) in [6, 6.07) is 0. The fraction of sp³-hybridized carbons (Fsp3) is 0.750. The Bertz CT molecular complexity index is 342. The summed E-state index contributed by atoms with van der Waals surface area (Å²) in [5.41, 5.74) is 0.902. The second-order valence-corrected chi connectivity index (χ2v) is 5.25. The minimum atomic E-state index is -0.181. The van der Waals surface area contributed by atoms with Gasteiger partial charge < -0.3 is 14.6 Å². The SMILES string of the molecule is CNC(C)(C)c1cncn1CC(C)(C)OC. The Labute approximate surface area is 98.0 Å². The summed E-state index contributed by atoms with van der Waals surface area (Å²) in [6.45, 7) is 9.22. The van der Waals surface area contributed by atoms with Crippen LogP contribution in [-0.2, 0) is 16.8 Å². The molecule has 1 aromatic heterocycles. The lowest BCUT2D eigenvalue weighted by Crippen LogP contribution is -2.38. The summed E-state index contributed by atoms with van der Waals surface area (Å²) < 4.78 is 7.58. The molecule has 0 aliphatic heterocycles. The lowest BCUT2D eigenvalue weighted by Gasteiger charge is -2.29. The molecule has 1 heterocycles. The summed E-state index contributed by atoms with van der Waals surface area (Å²) in [7, 11) is 3.69. The zero-order valence-corrected chi connectivity index (χ0v) is 11.2. The van der Waals surface area contributed by atoms with Crippen molar-refractivity contribution < 1.29 is 4.74 Å². The Kier molecular flexibility index (Phi) is 3.76. The van der Waals surface area contributed by atoms with Crippen LogP contribution in [0.3, 0.4) is 0 Å². The first-order valence-electron chi connectivity index (χ1n) is 5.57. The van der Waals surface area contributed by atoms with Crippen molar-refractivity contribution in [3.63, 3.8) is 0 Å². The molecule has 0 atom stereocenters. The van der Waals surface area contributed by atoms with Crippen LogP contribution in [0.4, 0.5) is 0 Å². The molecule has 0 saturated carbocycles. The first kappa shape index (κ1) is 13.2. The topological polar surface area (TPSA) is 39.1 Å². The largest absolute Gasteiger partial charge is 0.377 e. The predicted molar refractivity (Wildman–Crippen MR) is 65.4 cm³/mol. The van der Waals surface area contributed by atoms with Gasteiger partial charge in [-0.2, -0.15) is 0 Å². The molecule has 0 radical (unpaired) electrons. The standard InChI is InChI=1S/C12H23N3O/c1-11(2,16-6)8-15-9-14-7-10(15)12(3,4)13-5/h7,9,13H,8H2,1-6H3. The maximum absolute atomic E-state index is 5.44. The van der Waals surface area contributed by atoms with Gasteiger partial charge in [-0.3, -0.25) is 0 Å². The number of hydrogen-bond acceptors (Lipinski definition) is 3. The molecule has 92 valence electrons. The number of aromatic nitrogens is 2. The maximum atomic E-state index is 5.44. The van der Waals surface area contributed by atoms with Gasteiger partial charge in [0.25, 0.3) is 0 Å². The van der Waals surface area contributed by atoms with Crippen molar-refractivity contribution in [2.75, 3.05) is 14.2 Å². The third-order valence-electron chi connectivity index (χ3n) is 3.08. The summed E-state index contributed by atoms with van der Waals surface area (Å²) in [5, 5.41) is 3.29. The van der Waals surface area contributed by atoms with Crippen molar-refractivity contribution in [2.24, 2.45) is 0 Å². The highest BCUT2D eigenvalue weighted by molar-refractivity contribution is 5.11. The van der Waals surface area contributed by atoms with Crippen molar-refractivity contribution in [1.29, 1.82) is 0 Å². The zero-order valence-electron chi connectivity index (χ0n) is 11.2. The first-order valence-corrected chi connectivity index (χ1v) is 5.57. The normalized spacial score (nSPS) is 13.1. The second kappa shape index (κ2) is 4.55. The molecular weight excluding hydrogens is 202 g/mol. The lowest BCUT2D eigenvalue weighted by molar-refractivity contribution is 0.00690. The van der Waals surface area contributed by atoms with Crippen molar-refractivity contribution >= 4 is 0 Å². The van der Waals surface area contributed by atoms with E-state index >= 15 is 0 Å². The monoisotopic (exact) mass is 225 g/mol. The quantitative estimate of drug-likeness (QED) is 0.830. The van der Waals surface area contributed by atoms with Crippen LogP contribution < -0.4 is 5.32 Å². The minimum Gasteiger partial charge on any atom is -0.377 e. The van der Waals surface area contributed by atoms with Gasteiger partial charge in [0.1, 0.15) is 0 Å². The molecule has 1 aromatic rings. The fourth-order valence-corrected chi connectivity index (χ4v) is 1.57. The van der Waals surface area contributed by atoms with Gasteiger partial charge in [-0.1, -0.05) is 0 Å². The Morgan fingerprint density at radius 3 is 2.50 bits per heavy atom. The summed E-state index contributed by atoms with van der Waals surface area (Å²) in [4.78, 5) is 4.22. The van der Waals surface area contributed by atoms with Gasteiger partial charge in [-0.25, -0.2) is 4.98 Å². The molecule has 1 N–H and O–H groups in total. The summed E-state index contributed by atoms with van der Waals surface area (Å²) in [6.07, 6.45) is 3.76. The van der Waals surface area contributed by atoms with E-state index in [0.717, 1.165) is 6.54 Å². The van der Waals surface area contributed by atoms with Gasteiger partial charge in [0.2, 0.25) is 0 Å². The van der Waals surface area contributed by atoms with Crippen LogP contribution in [0.15, 0.2) is 12.5 Å². The van der Waals surface area contributed by atoms with E-state index in [4.69, 9.17) is 4.74 Å². The van der Waals surface area contributed by atoms with Gasteiger partial charge in [-0.15, -0.1) is 0 Å². The third kappa shape index (κ3) is 2.83. The van der Waals surface area contributed by atoms with Crippen LogP contribution in [0.1, 0.15) is 33.4 Å². The molecule has 0 fully saturated rings. The number of methoxy groups -OCH3 is 1. The molecule has 0 aliphatic rings. The number of nitrogens with one attached hydrogen (secondary N) is 1. The molecule has 4 nitrogen and oxygen atoms in total. The van der Waals surface area contributed by atoms with E-state index in [1.165, 1.54) is 5.69 Å². The van der Waals surface area contributed by atoms with Gasteiger partial charge in [0, 0.05) is 13.3 Å². The molecule has 16 heavy (non-hydrogen) atoms. The highest BCUT2D eigenvalue weighted by atomic mass is 16.5. The van der Waals surface area contributed by atoms with Crippen molar-refractivity contribution in [3.05, 3.63) is 18.2 Å². The van der Waals surface area contributed by atoms with E-state index in [1.54, 1.807) is 7.11 Å². The maximum Gasteiger partial charge on any atom is 0.0949 e. The molecule has 0 spiro atoms. The second-order valence-electron chi connectivity index (χ2n) is 5.25. The number of rotatable bonds is 5. The number of hydrogen-bond donors (Lipinski definition) is 1. The van der Waals surface area contributed by atoms with Crippen LogP contribution in [0.5, 0.6) is 0 Å². The summed E-state index contributed by atoms with van der Waals surface area (Å²) >= 11 is 0. The van der Waals surface area contributed by atoms with Gasteiger partial charge in [0.05, 0.1) is 29.7 Å². The highest BCUT2D eigenvalue weighted by Crippen LogP contribution is 2.21. The van der Waals surface area contributed by atoms with Crippen molar-refractivity contribution in [2.45, 2.75) is 45.4 Å². The van der Waals surface area contributed by atoms with Crippen LogP contribution in [-0.4, -0.2) is 29.3 Å². The van der Waals surface area contributed by atoms with E-state index in [9.17, 15) is 0 Å². The van der Waals surface area contributed by atoms with E-state index < -0.39 is 0 Å². The number of ether oxygens (including phenoxy) is 1. The average Bonchev–Trinajstić information content (AvgIpc) is 2.66. The lowest BCUT2D eigenvalue weighted by atomic mass is 10.0. The third-order valence-corrected chi connectivity index (χ3v) is 3.08. The van der Waals surface area contributed by atoms with Gasteiger partial charge in [-0.05, 0) is 34.7 Å². The van der Waals surface area contributed by atoms with E-state index in [0.29, 0.717) is 0 Å². The fourth-order valence-electron chi connectivity index (χ4n) is 1.57. The van der Waals surface area contributed by atoms with Crippen LogP contribution in [0.25, 0.3) is 0 Å². The Morgan fingerprint density at radius 1 is 1.38 bits per heavy atom. The van der Waals surface area contributed by atoms with Crippen molar-refractivity contribution in [3.8, 4) is 0 Å². The Morgan fingerprint density at radius 2 is 2.00 bits per heavy atom. The molecule has 0 unspecified atom stereocenters. The Balaban J connectivity index is 2.95. The average molecular weight is 225 g/mol. The summed E-state index contributed by atoms with van der Waals surface area (Å²) in [5.74, 6) is 0. The van der Waals surface area contributed by atoms with Gasteiger partial charge >= 0.3 is 0 Å². The molecule has 0 amide bonds. The molecular formula is C12H23N3O. The molecule has 0 bridgehead atoms. The molecule has 0 saturated heterocycles. The zero-order chi connectivity index (χ0) is 12.4. The smallest absolute Gasteiger partial charge is 0.0949 e. The minimum absolute atomic E-state index is 0.0830. The van der Waals surface area contributed by atoms with Gasteiger partial charge in [0.15, 0.2) is 0 Å². The van der Waals surface area contributed by atoms with E-state index in [1.807, 2.05) is 19.6 Å². The van der Waals surface area contributed by atoms with Crippen LogP contribution in [0.2, 0.25) is 0 Å². The number of imidazole rings is 1. The van der Waals surface area contributed by atoms with Crippen LogP contribution >= 0.6 is 0 Å².